The molecule has 0 unspecified atom stereocenters. The van der Waals surface area contributed by atoms with Gasteiger partial charge in [0.25, 0.3) is 5.56 Å². The molecule has 2 heterocycles. The summed E-state index contributed by atoms with van der Waals surface area (Å²) < 4.78 is 12.7. The van der Waals surface area contributed by atoms with Gasteiger partial charge in [0.15, 0.2) is 0 Å². The summed E-state index contributed by atoms with van der Waals surface area (Å²) in [5.74, 6) is -0.313. The number of carboxylic acids is 1. The minimum absolute atomic E-state index is 0.0489. The van der Waals surface area contributed by atoms with Gasteiger partial charge >= 0.3 is 12.1 Å². The largest absolute Gasteiger partial charge is 0.493 e. The normalized spacial score (nSPS) is 17.4. The van der Waals surface area contributed by atoms with Crippen LogP contribution < -0.4 is 21.3 Å². The van der Waals surface area contributed by atoms with Gasteiger partial charge in [0.1, 0.15) is 18.4 Å². The highest BCUT2D eigenvalue weighted by atomic mass is 16.5. The van der Waals surface area contributed by atoms with E-state index in [0.717, 1.165) is 22.9 Å². The average molecular weight is 523 g/mol. The Bertz CT molecular complexity index is 1300. The fraction of sp³-hybridized carbons (Fsp3) is 0.393. The highest BCUT2D eigenvalue weighted by Gasteiger charge is 2.36. The van der Waals surface area contributed by atoms with Gasteiger partial charge in [0.2, 0.25) is 0 Å². The van der Waals surface area contributed by atoms with Crippen LogP contribution in [0.5, 0.6) is 5.75 Å². The molecule has 0 saturated carbocycles. The molecule has 2 atom stereocenters. The average Bonchev–Trinajstić information content (AvgIpc) is 3.34. The van der Waals surface area contributed by atoms with Gasteiger partial charge in [0.05, 0.1) is 12.1 Å². The van der Waals surface area contributed by atoms with Crippen LogP contribution in [0.4, 0.5) is 4.79 Å². The molecule has 0 radical (unpaired) electrons. The van der Waals surface area contributed by atoms with Gasteiger partial charge in [-0.15, -0.1) is 0 Å². The van der Waals surface area contributed by atoms with Crippen LogP contribution in [-0.2, 0) is 22.7 Å². The third kappa shape index (κ3) is 7.11. The number of carbonyl (C=O) groups excluding carboxylic acids is 1. The zero-order chi connectivity index (χ0) is 26.9. The first-order valence-corrected chi connectivity index (χ1v) is 12.8. The Labute approximate surface area is 220 Å². The van der Waals surface area contributed by atoms with Crippen LogP contribution in [0.15, 0.2) is 65.5 Å². The Hall–Kier alpha value is -3.89. The van der Waals surface area contributed by atoms with E-state index >= 15 is 0 Å². The molecule has 1 aliphatic rings. The van der Waals surface area contributed by atoms with Crippen LogP contribution in [0.3, 0.4) is 0 Å². The Morgan fingerprint density at radius 1 is 1.08 bits per heavy atom. The van der Waals surface area contributed by atoms with E-state index in [2.05, 4.69) is 5.32 Å². The number of nitrogens with two attached hydrogens (primary N) is 1. The number of rotatable bonds is 12. The van der Waals surface area contributed by atoms with Gasteiger partial charge in [-0.05, 0) is 54.5 Å². The SMILES string of the molecule is NCCCOc1ccc2ccc(=O)n(CCN3C[C@H](CNC(=O)OCc4ccccc4)C[C@H]3C(=O)O)c2c1. The molecule has 4 N–H and O–H groups in total. The van der Waals surface area contributed by atoms with E-state index in [9.17, 15) is 19.5 Å². The second kappa shape index (κ2) is 13.1. The third-order valence-corrected chi connectivity index (χ3v) is 6.72. The zero-order valence-corrected chi connectivity index (χ0v) is 21.3. The van der Waals surface area contributed by atoms with Gasteiger partial charge in [-0.1, -0.05) is 30.3 Å². The molecule has 202 valence electrons. The Morgan fingerprint density at radius 2 is 1.87 bits per heavy atom. The van der Waals surface area contributed by atoms with E-state index in [1.54, 1.807) is 10.6 Å². The van der Waals surface area contributed by atoms with Crippen molar-refractivity contribution in [2.45, 2.75) is 32.0 Å². The molecule has 4 rings (SSSR count). The number of pyridine rings is 1. The number of ether oxygens (including phenoxy) is 2. The summed E-state index contributed by atoms with van der Waals surface area (Å²) in [7, 11) is 0. The van der Waals surface area contributed by atoms with E-state index < -0.39 is 18.1 Å². The zero-order valence-electron chi connectivity index (χ0n) is 21.3. The van der Waals surface area contributed by atoms with Crippen molar-refractivity contribution in [3.05, 3.63) is 76.6 Å². The molecule has 0 aliphatic carbocycles. The highest BCUT2D eigenvalue weighted by molar-refractivity contribution is 5.80. The van der Waals surface area contributed by atoms with Crippen LogP contribution in [0.25, 0.3) is 10.9 Å². The number of nitrogens with zero attached hydrogens (tertiary/aromatic N) is 2. The fourth-order valence-corrected chi connectivity index (χ4v) is 4.74. The van der Waals surface area contributed by atoms with Crippen LogP contribution in [-0.4, -0.2) is 65.5 Å². The Kier molecular flexibility index (Phi) is 9.34. The first kappa shape index (κ1) is 27.2. The van der Waals surface area contributed by atoms with Crippen LogP contribution in [0.2, 0.25) is 0 Å². The number of carboxylic acid groups (broad SMARTS) is 1. The third-order valence-electron chi connectivity index (χ3n) is 6.72. The van der Waals surface area contributed by atoms with Gasteiger partial charge < -0.3 is 30.2 Å². The van der Waals surface area contributed by atoms with Crippen LogP contribution in [0, 0.1) is 5.92 Å². The molecule has 0 bridgehead atoms. The number of hydrogen-bond donors (Lipinski definition) is 3. The number of aliphatic carboxylic acids is 1. The lowest BCUT2D eigenvalue weighted by molar-refractivity contribution is -0.142. The van der Waals surface area contributed by atoms with Crippen molar-refractivity contribution in [3.8, 4) is 5.75 Å². The van der Waals surface area contributed by atoms with E-state index in [0.29, 0.717) is 51.5 Å². The smallest absolute Gasteiger partial charge is 0.407 e. The maximum Gasteiger partial charge on any atom is 0.407 e. The number of hydrogen-bond acceptors (Lipinski definition) is 7. The van der Waals surface area contributed by atoms with Gasteiger partial charge in [-0.25, -0.2) is 4.79 Å². The van der Waals surface area contributed by atoms with Crippen molar-refractivity contribution in [1.82, 2.24) is 14.8 Å². The van der Waals surface area contributed by atoms with E-state index in [1.807, 2.05) is 53.4 Å². The predicted octanol–water partition coefficient (Wildman–Crippen LogP) is 2.43. The summed E-state index contributed by atoms with van der Waals surface area (Å²) in [5.41, 5.74) is 6.99. The van der Waals surface area contributed by atoms with Crippen molar-refractivity contribution < 1.29 is 24.2 Å². The number of likely N-dealkylation sites (tertiary alicyclic amines) is 1. The molecule has 1 aromatic heterocycles. The minimum atomic E-state index is -0.917. The first-order valence-electron chi connectivity index (χ1n) is 12.8. The summed E-state index contributed by atoms with van der Waals surface area (Å²) in [6, 6.07) is 17.6. The molecule has 2 aromatic carbocycles. The molecule has 10 nitrogen and oxygen atoms in total. The Balaban J connectivity index is 1.36. The maximum absolute atomic E-state index is 12.7. The summed E-state index contributed by atoms with van der Waals surface area (Å²) in [4.78, 5) is 38.7. The van der Waals surface area contributed by atoms with Gasteiger partial charge in [-0.2, -0.15) is 0 Å². The molecular weight excluding hydrogens is 488 g/mol. The molecule has 0 spiro atoms. The highest BCUT2D eigenvalue weighted by Crippen LogP contribution is 2.24. The number of fused-ring (bicyclic) bond motifs is 1. The van der Waals surface area contributed by atoms with Gasteiger partial charge in [-0.3, -0.25) is 14.5 Å². The minimum Gasteiger partial charge on any atom is -0.493 e. The van der Waals surface area contributed by atoms with Crippen molar-refractivity contribution in [2.75, 3.05) is 32.8 Å². The fourth-order valence-electron chi connectivity index (χ4n) is 4.74. The first-order chi connectivity index (χ1) is 18.4. The van der Waals surface area contributed by atoms with E-state index in [1.165, 1.54) is 6.07 Å². The number of aromatic nitrogens is 1. The summed E-state index contributed by atoms with van der Waals surface area (Å²) >= 11 is 0. The summed E-state index contributed by atoms with van der Waals surface area (Å²) in [6.45, 7) is 2.69. The lowest BCUT2D eigenvalue weighted by Gasteiger charge is -2.22. The van der Waals surface area contributed by atoms with Gasteiger partial charge in [0, 0.05) is 38.3 Å². The lowest BCUT2D eigenvalue weighted by Crippen LogP contribution is -2.39. The van der Waals surface area contributed by atoms with Crippen LogP contribution in [0.1, 0.15) is 18.4 Å². The number of alkyl carbamates (subject to hydrolysis) is 1. The summed E-state index contributed by atoms with van der Waals surface area (Å²) in [5, 5.41) is 13.4. The standard InChI is InChI=1S/C28H34N4O6/c29-11-4-14-37-23-9-7-22-8-10-26(33)32(24(22)16-23)13-12-31-18-21(15-25(31)27(34)35)17-30-28(36)38-19-20-5-2-1-3-6-20/h1-3,5-10,16,21,25H,4,11-15,17-19,29H2,(H,30,36)(H,34,35)/t21-,25-/m0/s1. The molecular formula is C28H34N4O6. The van der Waals surface area contributed by atoms with E-state index in [4.69, 9.17) is 15.2 Å². The van der Waals surface area contributed by atoms with E-state index in [-0.39, 0.29) is 18.1 Å². The molecule has 1 saturated heterocycles. The number of nitrogens with one attached hydrogen (secondary N) is 1. The van der Waals surface area contributed by atoms with Crippen molar-refractivity contribution in [1.29, 1.82) is 0 Å². The second-order valence-electron chi connectivity index (χ2n) is 9.43. The number of carbonyl (C=O) groups is 2. The lowest BCUT2D eigenvalue weighted by atomic mass is 10.1. The van der Waals surface area contributed by atoms with Crippen molar-refractivity contribution in [2.24, 2.45) is 11.7 Å². The Morgan fingerprint density at radius 3 is 2.63 bits per heavy atom. The molecule has 10 heteroatoms. The predicted molar refractivity (Wildman–Crippen MR) is 143 cm³/mol. The molecule has 38 heavy (non-hydrogen) atoms. The monoisotopic (exact) mass is 522 g/mol. The van der Waals surface area contributed by atoms with Crippen molar-refractivity contribution >= 4 is 23.0 Å². The maximum atomic E-state index is 12.7. The molecule has 3 aromatic rings. The van der Waals surface area contributed by atoms with Crippen molar-refractivity contribution in [3.63, 3.8) is 0 Å². The molecule has 1 amide bonds. The summed E-state index contributed by atoms with van der Waals surface area (Å²) in [6.07, 6.45) is 0.593. The second-order valence-corrected chi connectivity index (χ2v) is 9.43. The topological polar surface area (TPSA) is 136 Å². The van der Waals surface area contributed by atoms with Crippen LogP contribution >= 0.6 is 0 Å². The quantitative estimate of drug-likeness (QED) is 0.309. The molecule has 1 aliphatic heterocycles. The number of amides is 1. The number of benzene rings is 2. The molecule has 1 fully saturated rings.